The zero-order valence-corrected chi connectivity index (χ0v) is 21.0. The Labute approximate surface area is 222 Å². The lowest BCUT2D eigenvalue weighted by Gasteiger charge is -2.17. The lowest BCUT2D eigenvalue weighted by molar-refractivity contribution is -0.142. The minimum atomic E-state index is -1.11. The predicted molar refractivity (Wildman–Crippen MR) is 141 cm³/mol. The Balaban J connectivity index is 1.70. The molecule has 2 amide bonds. The first-order valence-electron chi connectivity index (χ1n) is 10.9. The van der Waals surface area contributed by atoms with Crippen molar-refractivity contribution in [1.82, 2.24) is 5.32 Å². The van der Waals surface area contributed by atoms with Gasteiger partial charge < -0.3 is 20.5 Å². The van der Waals surface area contributed by atoms with Gasteiger partial charge in [0.2, 0.25) is 0 Å². The standard InChI is InChI=1S/C27H22Cl2N2O6/c1-37-27(36)22(31-25(34)18-5-2-4-16(14-18)10-13-23(32)33)15-17-8-11-19(12-9-17)30-26(35)24-20(28)6-3-7-21(24)29/h2-14,22H,15H2,1H3,(H,30,35)(H,31,34)(H,32,33)/t22-/m0/s1. The number of esters is 1. The molecule has 0 aliphatic carbocycles. The highest BCUT2D eigenvalue weighted by atomic mass is 35.5. The highest BCUT2D eigenvalue weighted by Crippen LogP contribution is 2.25. The molecule has 0 spiro atoms. The molecule has 0 aliphatic heterocycles. The summed E-state index contributed by atoms with van der Waals surface area (Å²) < 4.78 is 4.85. The van der Waals surface area contributed by atoms with Crippen LogP contribution < -0.4 is 10.6 Å². The summed E-state index contributed by atoms with van der Waals surface area (Å²) in [5.41, 5.74) is 2.10. The minimum absolute atomic E-state index is 0.127. The molecule has 3 rings (SSSR count). The number of amides is 2. The Kier molecular flexibility index (Phi) is 9.43. The van der Waals surface area contributed by atoms with Gasteiger partial charge in [0.1, 0.15) is 6.04 Å². The van der Waals surface area contributed by atoms with Crippen LogP contribution in [0.15, 0.2) is 72.8 Å². The van der Waals surface area contributed by atoms with Crippen molar-refractivity contribution in [2.75, 3.05) is 12.4 Å². The van der Waals surface area contributed by atoms with E-state index < -0.39 is 29.8 Å². The largest absolute Gasteiger partial charge is 0.478 e. The average molecular weight is 541 g/mol. The van der Waals surface area contributed by atoms with E-state index in [1.54, 1.807) is 60.7 Å². The normalized spacial score (nSPS) is 11.5. The van der Waals surface area contributed by atoms with E-state index in [-0.39, 0.29) is 27.6 Å². The quantitative estimate of drug-likeness (QED) is 0.263. The third kappa shape index (κ3) is 7.67. The molecular weight excluding hydrogens is 519 g/mol. The van der Waals surface area contributed by atoms with Gasteiger partial charge in [-0.15, -0.1) is 0 Å². The Bertz CT molecular complexity index is 1340. The van der Waals surface area contributed by atoms with Gasteiger partial charge in [-0.1, -0.05) is 53.5 Å². The van der Waals surface area contributed by atoms with Gasteiger partial charge in [-0.3, -0.25) is 9.59 Å². The molecule has 0 radical (unpaired) electrons. The number of ether oxygens (including phenoxy) is 1. The Morgan fingerprint density at radius 2 is 1.59 bits per heavy atom. The summed E-state index contributed by atoms with van der Waals surface area (Å²) in [7, 11) is 1.22. The summed E-state index contributed by atoms with van der Waals surface area (Å²) in [6, 6.07) is 16.8. The zero-order chi connectivity index (χ0) is 26.9. The molecule has 190 valence electrons. The van der Waals surface area contributed by atoms with E-state index in [1.165, 1.54) is 19.3 Å². The van der Waals surface area contributed by atoms with E-state index in [2.05, 4.69) is 10.6 Å². The number of carboxylic acid groups (broad SMARTS) is 1. The number of benzene rings is 3. The molecule has 0 unspecified atom stereocenters. The third-order valence-corrected chi connectivity index (χ3v) is 5.83. The van der Waals surface area contributed by atoms with Gasteiger partial charge >= 0.3 is 11.9 Å². The van der Waals surface area contributed by atoms with E-state index in [1.807, 2.05) is 0 Å². The average Bonchev–Trinajstić information content (AvgIpc) is 2.87. The first kappa shape index (κ1) is 27.4. The first-order chi connectivity index (χ1) is 17.7. The van der Waals surface area contributed by atoms with E-state index >= 15 is 0 Å². The maximum absolute atomic E-state index is 12.8. The molecule has 8 nitrogen and oxygen atoms in total. The van der Waals surface area contributed by atoms with Crippen molar-refractivity contribution in [2.45, 2.75) is 12.5 Å². The van der Waals surface area contributed by atoms with E-state index in [9.17, 15) is 19.2 Å². The fraction of sp³-hybridized carbons (Fsp3) is 0.111. The van der Waals surface area contributed by atoms with Gasteiger partial charge in [0.05, 0.1) is 22.7 Å². The second kappa shape index (κ2) is 12.7. The number of nitrogens with one attached hydrogen (secondary N) is 2. The van der Waals surface area contributed by atoms with Crippen molar-refractivity contribution in [3.63, 3.8) is 0 Å². The van der Waals surface area contributed by atoms with Crippen LogP contribution in [0.25, 0.3) is 6.08 Å². The fourth-order valence-electron chi connectivity index (χ4n) is 3.40. The molecule has 0 aromatic heterocycles. The van der Waals surface area contributed by atoms with Crippen molar-refractivity contribution < 1.29 is 29.0 Å². The number of methoxy groups -OCH3 is 1. The summed E-state index contributed by atoms with van der Waals surface area (Å²) in [5.74, 6) is -2.75. The number of carboxylic acids is 1. The Morgan fingerprint density at radius 1 is 0.946 bits per heavy atom. The maximum atomic E-state index is 12.8. The fourth-order valence-corrected chi connectivity index (χ4v) is 3.97. The molecule has 10 heteroatoms. The lowest BCUT2D eigenvalue weighted by Crippen LogP contribution is -2.43. The van der Waals surface area contributed by atoms with Crippen molar-refractivity contribution in [3.8, 4) is 0 Å². The van der Waals surface area contributed by atoms with Crippen LogP contribution in [0, 0.1) is 0 Å². The van der Waals surface area contributed by atoms with Crippen LogP contribution in [0.5, 0.6) is 0 Å². The number of halogens is 2. The van der Waals surface area contributed by atoms with Crippen LogP contribution in [0.2, 0.25) is 10.0 Å². The van der Waals surface area contributed by atoms with Crippen LogP contribution in [0.1, 0.15) is 31.8 Å². The number of rotatable bonds is 9. The zero-order valence-electron chi connectivity index (χ0n) is 19.5. The first-order valence-corrected chi connectivity index (χ1v) is 11.7. The molecule has 3 N–H and O–H groups in total. The third-order valence-electron chi connectivity index (χ3n) is 5.20. The monoisotopic (exact) mass is 540 g/mol. The summed E-state index contributed by atoms with van der Waals surface area (Å²) >= 11 is 12.2. The number of hydrogen-bond acceptors (Lipinski definition) is 5. The molecule has 37 heavy (non-hydrogen) atoms. The van der Waals surface area contributed by atoms with Crippen molar-refractivity contribution >= 4 is 58.7 Å². The van der Waals surface area contributed by atoms with Crippen LogP contribution in [0.4, 0.5) is 5.69 Å². The molecule has 0 saturated carbocycles. The van der Waals surface area contributed by atoms with E-state index in [4.69, 9.17) is 33.0 Å². The second-order valence-electron chi connectivity index (χ2n) is 7.80. The van der Waals surface area contributed by atoms with Crippen LogP contribution in [-0.2, 0) is 20.7 Å². The highest BCUT2D eigenvalue weighted by Gasteiger charge is 2.23. The highest BCUT2D eigenvalue weighted by molar-refractivity contribution is 6.40. The molecule has 3 aromatic carbocycles. The van der Waals surface area contributed by atoms with Crippen LogP contribution in [-0.4, -0.2) is 42.0 Å². The van der Waals surface area contributed by atoms with E-state index in [0.29, 0.717) is 16.8 Å². The molecule has 1 atom stereocenters. The molecule has 3 aromatic rings. The molecule has 0 aliphatic rings. The number of hydrogen-bond donors (Lipinski definition) is 3. The predicted octanol–water partition coefficient (Wildman–Crippen LogP) is 4.86. The van der Waals surface area contributed by atoms with Crippen molar-refractivity contribution in [2.24, 2.45) is 0 Å². The van der Waals surface area contributed by atoms with Gasteiger partial charge in [0.25, 0.3) is 11.8 Å². The summed E-state index contributed by atoms with van der Waals surface area (Å²) in [6.07, 6.45) is 2.45. The number of carbonyl (C=O) groups excluding carboxylic acids is 3. The smallest absolute Gasteiger partial charge is 0.328 e. The SMILES string of the molecule is COC(=O)[C@H](Cc1ccc(NC(=O)c2c(Cl)cccc2Cl)cc1)NC(=O)c1cccc(C=CC(=O)O)c1. The van der Waals surface area contributed by atoms with Crippen LogP contribution in [0.3, 0.4) is 0 Å². The Hall–Kier alpha value is -4.14. The van der Waals surface area contributed by atoms with Crippen LogP contribution >= 0.6 is 23.2 Å². The topological polar surface area (TPSA) is 122 Å². The summed E-state index contributed by atoms with van der Waals surface area (Å²) in [5, 5.41) is 14.6. The lowest BCUT2D eigenvalue weighted by atomic mass is 10.0. The molecule has 0 bridgehead atoms. The molecule has 0 fully saturated rings. The van der Waals surface area contributed by atoms with E-state index in [0.717, 1.165) is 6.08 Å². The molecule has 0 saturated heterocycles. The van der Waals surface area contributed by atoms with Gasteiger partial charge in [-0.2, -0.15) is 0 Å². The second-order valence-corrected chi connectivity index (χ2v) is 8.61. The number of anilines is 1. The number of carbonyl (C=O) groups is 4. The Morgan fingerprint density at radius 3 is 2.22 bits per heavy atom. The number of aliphatic carboxylic acids is 1. The summed E-state index contributed by atoms with van der Waals surface area (Å²) in [6.45, 7) is 0. The summed E-state index contributed by atoms with van der Waals surface area (Å²) in [4.78, 5) is 48.5. The van der Waals surface area contributed by atoms with Gasteiger partial charge in [0, 0.05) is 23.7 Å². The molecular formula is C27H22Cl2N2O6. The van der Waals surface area contributed by atoms with Crippen molar-refractivity contribution in [1.29, 1.82) is 0 Å². The van der Waals surface area contributed by atoms with Gasteiger partial charge in [0.15, 0.2) is 0 Å². The van der Waals surface area contributed by atoms with Gasteiger partial charge in [-0.25, -0.2) is 9.59 Å². The molecule has 0 heterocycles. The van der Waals surface area contributed by atoms with Gasteiger partial charge in [-0.05, 0) is 53.6 Å². The minimum Gasteiger partial charge on any atom is -0.478 e. The maximum Gasteiger partial charge on any atom is 0.328 e. The van der Waals surface area contributed by atoms with Crippen molar-refractivity contribution in [3.05, 3.63) is 105 Å².